The second-order valence-corrected chi connectivity index (χ2v) is 5.60. The molecule has 1 heterocycles. The minimum Gasteiger partial charge on any atom is -0.399 e. The monoisotopic (exact) mass is 284 g/mol. The quantitative estimate of drug-likeness (QED) is 0.845. The van der Waals surface area contributed by atoms with Crippen molar-refractivity contribution in [1.82, 2.24) is 15.1 Å². The van der Waals surface area contributed by atoms with Gasteiger partial charge in [0.1, 0.15) is 6.54 Å². The van der Waals surface area contributed by atoms with Crippen molar-refractivity contribution in [3.8, 4) is 11.1 Å². The molecule has 0 atom stereocenters. The smallest absolute Gasteiger partial charge is 0.241 e. The number of hydrogen-bond acceptors (Lipinski definition) is 3. The number of carbonyl (C=O) groups excluding carboxylic acids is 1. The number of anilines is 1. The summed E-state index contributed by atoms with van der Waals surface area (Å²) in [6, 6.07) is 7.98. The van der Waals surface area contributed by atoms with Gasteiger partial charge in [-0.05, 0) is 30.5 Å². The number of rotatable bonds is 4. The number of aromatic nitrogens is 2. The first kappa shape index (κ1) is 13.7. The lowest BCUT2D eigenvalue weighted by Gasteiger charge is -2.11. The molecule has 1 amide bonds. The maximum atomic E-state index is 12.0. The van der Waals surface area contributed by atoms with E-state index in [4.69, 9.17) is 5.73 Å². The van der Waals surface area contributed by atoms with Gasteiger partial charge in [-0.25, -0.2) is 0 Å². The van der Waals surface area contributed by atoms with Gasteiger partial charge in [-0.15, -0.1) is 0 Å². The van der Waals surface area contributed by atoms with Gasteiger partial charge in [-0.1, -0.05) is 25.0 Å². The summed E-state index contributed by atoms with van der Waals surface area (Å²) in [6.07, 6.45) is 8.29. The van der Waals surface area contributed by atoms with Crippen molar-refractivity contribution in [3.63, 3.8) is 0 Å². The van der Waals surface area contributed by atoms with E-state index < -0.39 is 0 Å². The molecule has 0 spiro atoms. The molecule has 1 aromatic carbocycles. The fourth-order valence-electron chi connectivity index (χ4n) is 2.77. The molecule has 1 aromatic heterocycles. The van der Waals surface area contributed by atoms with Gasteiger partial charge in [0.15, 0.2) is 0 Å². The highest BCUT2D eigenvalue weighted by molar-refractivity contribution is 5.76. The zero-order chi connectivity index (χ0) is 14.7. The van der Waals surface area contributed by atoms with Crippen LogP contribution in [0.3, 0.4) is 0 Å². The summed E-state index contributed by atoms with van der Waals surface area (Å²) in [6.45, 7) is 0.269. The predicted octanol–water partition coefficient (Wildman–Crippen LogP) is 2.19. The molecule has 0 unspecified atom stereocenters. The Hall–Kier alpha value is -2.30. The van der Waals surface area contributed by atoms with Crippen molar-refractivity contribution >= 4 is 11.6 Å². The Morgan fingerprint density at radius 2 is 1.95 bits per heavy atom. The summed E-state index contributed by atoms with van der Waals surface area (Å²) in [5, 5.41) is 7.32. The van der Waals surface area contributed by atoms with E-state index in [2.05, 4.69) is 10.4 Å². The van der Waals surface area contributed by atoms with Crippen LogP contribution < -0.4 is 11.1 Å². The lowest BCUT2D eigenvalue weighted by Crippen LogP contribution is -2.35. The minimum atomic E-state index is 0.0360. The first-order valence-electron chi connectivity index (χ1n) is 7.38. The van der Waals surface area contributed by atoms with Crippen LogP contribution in [0, 0.1) is 0 Å². The van der Waals surface area contributed by atoms with Gasteiger partial charge in [0.05, 0.1) is 6.20 Å². The minimum absolute atomic E-state index is 0.0360. The molecule has 0 aliphatic heterocycles. The maximum absolute atomic E-state index is 12.0. The molecular weight excluding hydrogens is 264 g/mol. The second kappa shape index (κ2) is 5.99. The zero-order valence-electron chi connectivity index (χ0n) is 12.0. The molecule has 2 aromatic rings. The Labute approximate surface area is 124 Å². The molecule has 1 aliphatic rings. The van der Waals surface area contributed by atoms with E-state index in [1.54, 1.807) is 10.9 Å². The average Bonchev–Trinajstić information content (AvgIpc) is 3.11. The van der Waals surface area contributed by atoms with Crippen LogP contribution in [-0.2, 0) is 11.3 Å². The van der Waals surface area contributed by atoms with Crippen LogP contribution in [0.15, 0.2) is 36.7 Å². The molecule has 1 aliphatic carbocycles. The van der Waals surface area contributed by atoms with Gasteiger partial charge in [0.25, 0.3) is 0 Å². The first-order valence-corrected chi connectivity index (χ1v) is 7.38. The first-order chi connectivity index (χ1) is 10.2. The molecule has 5 heteroatoms. The van der Waals surface area contributed by atoms with E-state index in [9.17, 15) is 4.79 Å². The Bertz CT molecular complexity index is 611. The molecule has 3 rings (SSSR count). The summed E-state index contributed by atoms with van der Waals surface area (Å²) < 4.78 is 1.68. The van der Waals surface area contributed by atoms with E-state index in [0.29, 0.717) is 6.04 Å². The fourth-order valence-corrected chi connectivity index (χ4v) is 2.77. The van der Waals surface area contributed by atoms with Gasteiger partial charge in [-0.2, -0.15) is 5.10 Å². The molecule has 3 N–H and O–H groups in total. The van der Waals surface area contributed by atoms with Crippen LogP contribution in [0.25, 0.3) is 11.1 Å². The van der Waals surface area contributed by atoms with Gasteiger partial charge >= 0.3 is 0 Å². The van der Waals surface area contributed by atoms with E-state index in [-0.39, 0.29) is 12.5 Å². The molecule has 1 fully saturated rings. The number of nitrogens with zero attached hydrogens (tertiary/aromatic N) is 2. The second-order valence-electron chi connectivity index (χ2n) is 5.60. The topological polar surface area (TPSA) is 72.9 Å². The molecule has 110 valence electrons. The number of nitrogens with two attached hydrogens (primary N) is 1. The maximum Gasteiger partial charge on any atom is 0.241 e. The van der Waals surface area contributed by atoms with E-state index in [1.807, 2.05) is 30.5 Å². The standard InChI is InChI=1S/C16H20N4O/c17-14-7-5-12(6-8-14)13-9-18-20(10-13)11-16(21)19-15-3-1-2-4-15/h5-10,15H,1-4,11,17H2,(H,19,21). The van der Waals surface area contributed by atoms with Crippen LogP contribution in [0.2, 0.25) is 0 Å². The summed E-state index contributed by atoms with van der Waals surface area (Å²) in [5.74, 6) is 0.0360. The molecule has 21 heavy (non-hydrogen) atoms. The lowest BCUT2D eigenvalue weighted by atomic mass is 10.1. The van der Waals surface area contributed by atoms with Crippen LogP contribution in [0.4, 0.5) is 5.69 Å². The number of benzene rings is 1. The Kier molecular flexibility index (Phi) is 3.90. The SMILES string of the molecule is Nc1ccc(-c2cnn(CC(=O)NC3CCCC3)c2)cc1. The largest absolute Gasteiger partial charge is 0.399 e. The van der Waals surface area contributed by atoms with Crippen molar-refractivity contribution < 1.29 is 4.79 Å². The van der Waals surface area contributed by atoms with Crippen molar-refractivity contribution in [2.24, 2.45) is 0 Å². The van der Waals surface area contributed by atoms with Crippen LogP contribution >= 0.6 is 0 Å². The van der Waals surface area contributed by atoms with Crippen molar-refractivity contribution in [2.45, 2.75) is 38.3 Å². The molecular formula is C16H20N4O. The Morgan fingerprint density at radius 3 is 2.67 bits per heavy atom. The number of carbonyl (C=O) groups is 1. The zero-order valence-corrected chi connectivity index (χ0v) is 12.0. The highest BCUT2D eigenvalue weighted by Crippen LogP contribution is 2.20. The van der Waals surface area contributed by atoms with Gasteiger partial charge < -0.3 is 11.1 Å². The summed E-state index contributed by atoms with van der Waals surface area (Å²) in [7, 11) is 0. The Balaban J connectivity index is 1.61. The summed E-state index contributed by atoms with van der Waals surface area (Å²) >= 11 is 0. The predicted molar refractivity (Wildman–Crippen MR) is 82.5 cm³/mol. The number of nitrogens with one attached hydrogen (secondary N) is 1. The highest BCUT2D eigenvalue weighted by atomic mass is 16.2. The van der Waals surface area contributed by atoms with E-state index >= 15 is 0 Å². The molecule has 0 saturated heterocycles. The third kappa shape index (κ3) is 3.42. The van der Waals surface area contributed by atoms with E-state index in [0.717, 1.165) is 29.7 Å². The summed E-state index contributed by atoms with van der Waals surface area (Å²) in [4.78, 5) is 12.0. The molecule has 0 radical (unpaired) electrons. The van der Waals surface area contributed by atoms with Crippen molar-refractivity contribution in [2.75, 3.05) is 5.73 Å². The van der Waals surface area contributed by atoms with Crippen molar-refractivity contribution in [1.29, 1.82) is 0 Å². The molecule has 5 nitrogen and oxygen atoms in total. The molecule has 1 saturated carbocycles. The van der Waals surface area contributed by atoms with Crippen LogP contribution in [-0.4, -0.2) is 21.7 Å². The van der Waals surface area contributed by atoms with E-state index in [1.165, 1.54) is 12.8 Å². The van der Waals surface area contributed by atoms with Crippen LogP contribution in [0.5, 0.6) is 0 Å². The normalized spacial score (nSPS) is 15.2. The van der Waals surface area contributed by atoms with Crippen LogP contribution in [0.1, 0.15) is 25.7 Å². The number of nitrogen functional groups attached to an aromatic ring is 1. The Morgan fingerprint density at radius 1 is 1.24 bits per heavy atom. The number of hydrogen-bond donors (Lipinski definition) is 2. The average molecular weight is 284 g/mol. The highest BCUT2D eigenvalue weighted by Gasteiger charge is 2.17. The third-order valence-electron chi connectivity index (χ3n) is 3.90. The van der Waals surface area contributed by atoms with Crippen molar-refractivity contribution in [3.05, 3.63) is 36.7 Å². The summed E-state index contributed by atoms with van der Waals surface area (Å²) in [5.41, 5.74) is 8.46. The van der Waals surface area contributed by atoms with Gasteiger partial charge in [0.2, 0.25) is 5.91 Å². The van der Waals surface area contributed by atoms with Gasteiger partial charge in [-0.3, -0.25) is 9.48 Å². The lowest BCUT2D eigenvalue weighted by molar-refractivity contribution is -0.122. The van der Waals surface area contributed by atoms with Gasteiger partial charge in [0, 0.05) is 23.5 Å². The molecule has 0 bridgehead atoms. The third-order valence-corrected chi connectivity index (χ3v) is 3.90. The fraction of sp³-hybridized carbons (Fsp3) is 0.375. The number of amides is 1.